The second kappa shape index (κ2) is 54.0. The molecule has 0 saturated carbocycles. The van der Waals surface area contributed by atoms with Crippen molar-refractivity contribution in [1.29, 1.82) is 0 Å². The van der Waals surface area contributed by atoms with Gasteiger partial charge in [0.25, 0.3) is 0 Å². The average molecular weight is 911 g/mol. The minimum atomic E-state index is -0.778. The quantitative estimate of drug-likeness (QED) is 0.0262. The highest BCUT2D eigenvalue weighted by molar-refractivity contribution is 5.71. The zero-order valence-corrected chi connectivity index (χ0v) is 43.3. The zero-order valence-electron chi connectivity index (χ0n) is 43.3. The Balaban J connectivity index is 4.34. The van der Waals surface area contributed by atoms with Gasteiger partial charge in [-0.15, -0.1) is 0 Å². The Morgan fingerprint density at radius 3 is 0.954 bits per heavy atom. The molecular formula is C59H106O6. The largest absolute Gasteiger partial charge is 0.462 e. The molecule has 378 valence electrons. The number of hydrogen-bond donors (Lipinski definition) is 0. The van der Waals surface area contributed by atoms with Crippen molar-refractivity contribution >= 4 is 17.9 Å². The summed E-state index contributed by atoms with van der Waals surface area (Å²) in [6, 6.07) is 0. The van der Waals surface area contributed by atoms with E-state index in [1.165, 1.54) is 154 Å². The molecule has 0 bridgehead atoms. The number of unbranched alkanes of at least 4 members (excludes halogenated alkanes) is 32. The second-order valence-electron chi connectivity index (χ2n) is 18.8. The first kappa shape index (κ1) is 62.4. The fourth-order valence-electron chi connectivity index (χ4n) is 8.10. The Kier molecular flexibility index (Phi) is 51.8. The summed E-state index contributed by atoms with van der Waals surface area (Å²) in [4.78, 5) is 38.1. The van der Waals surface area contributed by atoms with Gasteiger partial charge in [-0.2, -0.15) is 0 Å². The fraction of sp³-hybridized carbons (Fsp3) is 0.814. The lowest BCUT2D eigenvalue weighted by atomic mass is 10.0. The molecule has 6 heteroatoms. The number of rotatable bonds is 51. The van der Waals surface area contributed by atoms with Crippen molar-refractivity contribution in [3.05, 3.63) is 48.6 Å². The van der Waals surface area contributed by atoms with Gasteiger partial charge in [0.05, 0.1) is 0 Å². The van der Waals surface area contributed by atoms with Crippen LogP contribution in [-0.2, 0) is 28.6 Å². The summed E-state index contributed by atoms with van der Waals surface area (Å²) >= 11 is 0. The third-order valence-electron chi connectivity index (χ3n) is 12.3. The summed E-state index contributed by atoms with van der Waals surface area (Å²) in [5.41, 5.74) is 0. The molecule has 0 spiro atoms. The molecule has 0 aliphatic carbocycles. The van der Waals surface area contributed by atoms with Crippen LogP contribution < -0.4 is 0 Å². The summed E-state index contributed by atoms with van der Waals surface area (Å²) in [6.07, 6.45) is 65.3. The highest BCUT2D eigenvalue weighted by atomic mass is 16.6. The SMILES string of the molecule is CC/C=C\C/C=C\C/C=C\CCCCCCCC(=O)OC[C@H](COC(=O)CCCCCCCCCCC/C=C\CCCCCCCC)OC(=O)CCCCCCCCCCCCCCC. The van der Waals surface area contributed by atoms with Gasteiger partial charge in [-0.05, 0) is 77.0 Å². The van der Waals surface area contributed by atoms with Crippen LogP contribution in [0.1, 0.15) is 290 Å². The lowest BCUT2D eigenvalue weighted by Gasteiger charge is -2.18. The second-order valence-corrected chi connectivity index (χ2v) is 18.8. The van der Waals surface area contributed by atoms with Crippen molar-refractivity contribution in [3.8, 4) is 0 Å². The van der Waals surface area contributed by atoms with Gasteiger partial charge in [-0.25, -0.2) is 0 Å². The monoisotopic (exact) mass is 911 g/mol. The summed E-state index contributed by atoms with van der Waals surface area (Å²) in [5.74, 6) is -0.883. The molecule has 0 heterocycles. The number of ether oxygens (including phenoxy) is 3. The van der Waals surface area contributed by atoms with Crippen LogP contribution >= 0.6 is 0 Å². The Hall–Kier alpha value is -2.63. The number of esters is 3. The van der Waals surface area contributed by atoms with Crippen LogP contribution in [0.25, 0.3) is 0 Å². The average Bonchev–Trinajstić information content (AvgIpc) is 3.30. The van der Waals surface area contributed by atoms with E-state index in [4.69, 9.17) is 14.2 Å². The van der Waals surface area contributed by atoms with E-state index in [0.717, 1.165) is 96.3 Å². The van der Waals surface area contributed by atoms with Crippen LogP contribution in [0.2, 0.25) is 0 Å². The predicted octanol–water partition coefficient (Wildman–Crippen LogP) is 18.7. The first-order valence-electron chi connectivity index (χ1n) is 28.1. The summed E-state index contributed by atoms with van der Waals surface area (Å²) in [6.45, 7) is 6.54. The molecule has 0 N–H and O–H groups in total. The summed E-state index contributed by atoms with van der Waals surface area (Å²) in [5, 5.41) is 0. The Morgan fingerprint density at radius 2 is 0.600 bits per heavy atom. The van der Waals surface area contributed by atoms with E-state index in [2.05, 4.69) is 69.4 Å². The lowest BCUT2D eigenvalue weighted by Crippen LogP contribution is -2.30. The van der Waals surface area contributed by atoms with E-state index < -0.39 is 6.10 Å². The summed E-state index contributed by atoms with van der Waals surface area (Å²) < 4.78 is 16.8. The third kappa shape index (κ3) is 52.2. The van der Waals surface area contributed by atoms with Crippen molar-refractivity contribution in [2.75, 3.05) is 13.2 Å². The number of carbonyl (C=O) groups is 3. The van der Waals surface area contributed by atoms with Gasteiger partial charge in [0.15, 0.2) is 6.10 Å². The molecule has 6 nitrogen and oxygen atoms in total. The van der Waals surface area contributed by atoms with Crippen molar-refractivity contribution in [3.63, 3.8) is 0 Å². The maximum atomic E-state index is 12.8. The standard InChI is InChI=1S/C59H106O6/c1-4-7-10-13-16-19-22-25-27-28-29-30-32-35-37-40-43-46-49-52-58(61)64-55-56(65-59(62)53-50-47-44-41-38-33-24-21-18-15-12-9-6-3)54-63-57(60)51-48-45-42-39-36-34-31-26-23-20-17-14-11-8-5-2/h8,11,17,20,25-27,31,56H,4-7,9-10,12-16,18-19,21-24,28-30,32-55H2,1-3H3/b11-8-,20-17-,27-25-,31-26-/t56-/m1/s1. The minimum Gasteiger partial charge on any atom is -0.462 e. The molecule has 0 aromatic carbocycles. The molecule has 0 fully saturated rings. The molecule has 0 amide bonds. The van der Waals surface area contributed by atoms with Gasteiger partial charge in [-0.1, -0.05) is 243 Å². The highest BCUT2D eigenvalue weighted by Crippen LogP contribution is 2.16. The molecule has 0 aliphatic rings. The fourth-order valence-corrected chi connectivity index (χ4v) is 8.10. The maximum Gasteiger partial charge on any atom is 0.306 e. The van der Waals surface area contributed by atoms with E-state index in [1.54, 1.807) is 0 Å². The molecule has 65 heavy (non-hydrogen) atoms. The van der Waals surface area contributed by atoms with Crippen LogP contribution in [0.3, 0.4) is 0 Å². The van der Waals surface area contributed by atoms with Gasteiger partial charge in [0.1, 0.15) is 13.2 Å². The molecule has 1 atom stereocenters. The topological polar surface area (TPSA) is 78.9 Å². The highest BCUT2D eigenvalue weighted by Gasteiger charge is 2.19. The number of hydrogen-bond acceptors (Lipinski definition) is 6. The van der Waals surface area contributed by atoms with Gasteiger partial charge < -0.3 is 14.2 Å². The molecule has 0 saturated heterocycles. The predicted molar refractivity (Wildman–Crippen MR) is 279 cm³/mol. The van der Waals surface area contributed by atoms with Crippen LogP contribution in [-0.4, -0.2) is 37.2 Å². The minimum absolute atomic E-state index is 0.0770. The van der Waals surface area contributed by atoms with E-state index >= 15 is 0 Å². The van der Waals surface area contributed by atoms with E-state index in [-0.39, 0.29) is 31.1 Å². The zero-order chi connectivity index (χ0) is 47.2. The first-order chi connectivity index (χ1) is 32.0. The van der Waals surface area contributed by atoms with Crippen LogP contribution in [0.15, 0.2) is 48.6 Å². The Labute approximate surface area is 403 Å². The number of allylic oxidation sites excluding steroid dienone is 8. The van der Waals surface area contributed by atoms with Gasteiger partial charge in [0.2, 0.25) is 0 Å². The van der Waals surface area contributed by atoms with E-state index in [9.17, 15) is 14.4 Å². The van der Waals surface area contributed by atoms with Gasteiger partial charge in [-0.3, -0.25) is 14.4 Å². The molecule has 0 rings (SSSR count). The van der Waals surface area contributed by atoms with Crippen molar-refractivity contribution in [1.82, 2.24) is 0 Å². The van der Waals surface area contributed by atoms with E-state index in [1.807, 2.05) is 0 Å². The van der Waals surface area contributed by atoms with Crippen LogP contribution in [0, 0.1) is 0 Å². The molecule has 0 aromatic heterocycles. The Morgan fingerprint density at radius 1 is 0.323 bits per heavy atom. The molecular weight excluding hydrogens is 805 g/mol. The molecule has 0 aromatic rings. The van der Waals surface area contributed by atoms with Crippen molar-refractivity contribution < 1.29 is 28.6 Å². The van der Waals surface area contributed by atoms with Gasteiger partial charge >= 0.3 is 17.9 Å². The molecule has 0 aliphatic heterocycles. The van der Waals surface area contributed by atoms with E-state index in [0.29, 0.717) is 19.3 Å². The molecule has 0 unspecified atom stereocenters. The third-order valence-corrected chi connectivity index (χ3v) is 12.3. The lowest BCUT2D eigenvalue weighted by molar-refractivity contribution is -0.167. The molecule has 0 radical (unpaired) electrons. The normalized spacial score (nSPS) is 12.4. The smallest absolute Gasteiger partial charge is 0.306 e. The van der Waals surface area contributed by atoms with Crippen molar-refractivity contribution in [2.24, 2.45) is 0 Å². The van der Waals surface area contributed by atoms with Crippen LogP contribution in [0.5, 0.6) is 0 Å². The summed E-state index contributed by atoms with van der Waals surface area (Å²) in [7, 11) is 0. The van der Waals surface area contributed by atoms with Gasteiger partial charge in [0, 0.05) is 19.3 Å². The Bertz CT molecular complexity index is 1140. The van der Waals surface area contributed by atoms with Crippen molar-refractivity contribution in [2.45, 2.75) is 297 Å². The maximum absolute atomic E-state index is 12.8. The number of carbonyl (C=O) groups excluding carboxylic acids is 3. The van der Waals surface area contributed by atoms with Crippen LogP contribution in [0.4, 0.5) is 0 Å². The first-order valence-corrected chi connectivity index (χ1v) is 28.1.